The molecule has 2 unspecified atom stereocenters. The van der Waals surface area contributed by atoms with Gasteiger partial charge in [-0.25, -0.2) is 0 Å². The predicted octanol–water partition coefficient (Wildman–Crippen LogP) is 4.64. The highest BCUT2D eigenvalue weighted by atomic mass is 35.5. The molecule has 2 atom stereocenters. The first-order valence-electron chi connectivity index (χ1n) is 6.21. The van der Waals surface area contributed by atoms with Crippen molar-refractivity contribution in [2.45, 2.75) is 45.6 Å². The normalized spacial score (nSPS) is 24.7. The van der Waals surface area contributed by atoms with Crippen molar-refractivity contribution in [3.05, 3.63) is 28.8 Å². The average Bonchev–Trinajstić information content (AvgIpc) is 2.71. The van der Waals surface area contributed by atoms with Crippen molar-refractivity contribution in [2.75, 3.05) is 5.32 Å². The van der Waals surface area contributed by atoms with E-state index in [-0.39, 0.29) is 0 Å². The summed E-state index contributed by atoms with van der Waals surface area (Å²) in [6.45, 7) is 4.32. The van der Waals surface area contributed by atoms with E-state index in [1.54, 1.807) is 0 Å². The Morgan fingerprint density at radius 1 is 1.38 bits per heavy atom. The molecule has 16 heavy (non-hydrogen) atoms. The molecule has 0 amide bonds. The highest BCUT2D eigenvalue weighted by Crippen LogP contribution is 2.30. The molecule has 0 aliphatic heterocycles. The van der Waals surface area contributed by atoms with Gasteiger partial charge in [0.1, 0.15) is 0 Å². The first-order chi connectivity index (χ1) is 7.69. The second-order valence-corrected chi connectivity index (χ2v) is 5.30. The summed E-state index contributed by atoms with van der Waals surface area (Å²) < 4.78 is 0. The molecule has 0 bridgehead atoms. The van der Waals surface area contributed by atoms with E-state index in [2.05, 4.69) is 24.4 Å². The maximum absolute atomic E-state index is 6.12. The Morgan fingerprint density at radius 2 is 2.19 bits per heavy atom. The van der Waals surface area contributed by atoms with E-state index < -0.39 is 0 Å². The third kappa shape index (κ3) is 2.70. The van der Waals surface area contributed by atoms with Gasteiger partial charge in [-0.15, -0.1) is 0 Å². The summed E-state index contributed by atoms with van der Waals surface area (Å²) in [7, 11) is 0. The third-order valence-electron chi connectivity index (χ3n) is 3.66. The highest BCUT2D eigenvalue weighted by Gasteiger charge is 2.22. The molecular weight excluding hydrogens is 218 g/mol. The lowest BCUT2D eigenvalue weighted by atomic mass is 10.1. The molecule has 1 N–H and O–H groups in total. The molecule has 1 fully saturated rings. The lowest BCUT2D eigenvalue weighted by Crippen LogP contribution is -2.15. The molecule has 0 aromatic heterocycles. The molecule has 88 valence electrons. The van der Waals surface area contributed by atoms with Crippen molar-refractivity contribution in [2.24, 2.45) is 5.92 Å². The highest BCUT2D eigenvalue weighted by molar-refractivity contribution is 6.31. The molecule has 1 aliphatic rings. The first kappa shape index (κ1) is 11.8. The second kappa shape index (κ2) is 5.09. The number of nitrogens with one attached hydrogen (secondary N) is 1. The molecule has 0 saturated heterocycles. The minimum atomic E-state index is 0.642. The predicted molar refractivity (Wildman–Crippen MR) is 71.2 cm³/mol. The van der Waals surface area contributed by atoms with E-state index in [4.69, 9.17) is 11.6 Å². The molecule has 0 heterocycles. The molecule has 2 heteroatoms. The van der Waals surface area contributed by atoms with Crippen LogP contribution >= 0.6 is 11.6 Å². The molecular formula is C14H20ClN. The van der Waals surface area contributed by atoms with Crippen molar-refractivity contribution in [1.82, 2.24) is 0 Å². The van der Waals surface area contributed by atoms with Gasteiger partial charge in [0.05, 0.1) is 0 Å². The van der Waals surface area contributed by atoms with Crippen LogP contribution in [0.25, 0.3) is 0 Å². The minimum Gasteiger partial charge on any atom is -0.382 e. The van der Waals surface area contributed by atoms with Crippen LogP contribution in [0.15, 0.2) is 18.2 Å². The smallest absolute Gasteiger partial charge is 0.0455 e. The van der Waals surface area contributed by atoms with Crippen LogP contribution in [-0.2, 0) is 0 Å². The molecule has 1 aliphatic carbocycles. The zero-order chi connectivity index (χ0) is 11.5. The van der Waals surface area contributed by atoms with E-state index >= 15 is 0 Å². The van der Waals surface area contributed by atoms with Crippen molar-refractivity contribution in [1.29, 1.82) is 0 Å². The Labute approximate surface area is 103 Å². The number of hydrogen-bond acceptors (Lipinski definition) is 1. The summed E-state index contributed by atoms with van der Waals surface area (Å²) >= 11 is 6.12. The van der Waals surface area contributed by atoms with Crippen LogP contribution in [0.3, 0.4) is 0 Å². The zero-order valence-electron chi connectivity index (χ0n) is 10.1. The molecule has 1 saturated carbocycles. The van der Waals surface area contributed by atoms with Gasteiger partial charge in [0.15, 0.2) is 0 Å². The fourth-order valence-electron chi connectivity index (χ4n) is 2.50. The van der Waals surface area contributed by atoms with Crippen molar-refractivity contribution in [3.8, 4) is 0 Å². The Bertz CT molecular complexity index is 362. The van der Waals surface area contributed by atoms with Crippen LogP contribution in [0.4, 0.5) is 5.69 Å². The van der Waals surface area contributed by atoms with Gasteiger partial charge in [-0.1, -0.05) is 31.0 Å². The summed E-state index contributed by atoms with van der Waals surface area (Å²) in [6.07, 6.45) is 5.28. The largest absolute Gasteiger partial charge is 0.382 e. The summed E-state index contributed by atoms with van der Waals surface area (Å²) in [5, 5.41) is 4.45. The van der Waals surface area contributed by atoms with Crippen LogP contribution in [0.2, 0.25) is 5.02 Å². The monoisotopic (exact) mass is 237 g/mol. The number of halogens is 1. The van der Waals surface area contributed by atoms with Crippen molar-refractivity contribution < 1.29 is 0 Å². The fraction of sp³-hybridized carbons (Fsp3) is 0.571. The summed E-state index contributed by atoms with van der Waals surface area (Å²) in [6, 6.07) is 6.89. The lowest BCUT2D eigenvalue weighted by molar-refractivity contribution is 0.525. The number of anilines is 1. The maximum Gasteiger partial charge on any atom is 0.0455 e. The third-order valence-corrected chi connectivity index (χ3v) is 4.07. The topological polar surface area (TPSA) is 12.0 Å². The lowest BCUT2D eigenvalue weighted by Gasteiger charge is -2.15. The van der Waals surface area contributed by atoms with Gasteiger partial charge in [-0.05, 0) is 49.8 Å². The number of hydrogen-bond donors (Lipinski definition) is 1. The van der Waals surface area contributed by atoms with E-state index in [0.717, 1.165) is 22.2 Å². The summed E-state index contributed by atoms with van der Waals surface area (Å²) in [4.78, 5) is 0. The number of rotatable bonds is 3. The number of aryl methyl sites for hydroxylation is 1. The number of benzene rings is 1. The van der Waals surface area contributed by atoms with Gasteiger partial charge < -0.3 is 5.32 Å². The van der Waals surface area contributed by atoms with Gasteiger partial charge in [-0.2, -0.15) is 0 Å². The molecule has 0 radical (unpaired) electrons. The van der Waals surface area contributed by atoms with Crippen LogP contribution in [0.1, 0.15) is 38.2 Å². The van der Waals surface area contributed by atoms with Crippen LogP contribution in [-0.4, -0.2) is 6.04 Å². The first-order valence-corrected chi connectivity index (χ1v) is 6.59. The Kier molecular flexibility index (Phi) is 3.75. The molecule has 1 nitrogen and oxygen atoms in total. The molecule has 2 rings (SSSR count). The van der Waals surface area contributed by atoms with Gasteiger partial charge >= 0.3 is 0 Å². The second-order valence-electron chi connectivity index (χ2n) is 4.89. The Morgan fingerprint density at radius 3 is 2.81 bits per heavy atom. The molecule has 1 aromatic carbocycles. The van der Waals surface area contributed by atoms with E-state index in [1.807, 2.05) is 13.0 Å². The minimum absolute atomic E-state index is 0.642. The van der Waals surface area contributed by atoms with E-state index in [0.29, 0.717) is 6.04 Å². The summed E-state index contributed by atoms with van der Waals surface area (Å²) in [5.41, 5.74) is 2.31. The fourth-order valence-corrected chi connectivity index (χ4v) is 2.68. The SMILES string of the molecule is CCC1CCC(Nc2ccc(C)c(Cl)c2)C1. The molecule has 0 spiro atoms. The van der Waals surface area contributed by atoms with E-state index in [1.165, 1.54) is 25.7 Å². The van der Waals surface area contributed by atoms with Gasteiger partial charge in [0.25, 0.3) is 0 Å². The van der Waals surface area contributed by atoms with Crippen molar-refractivity contribution >= 4 is 17.3 Å². The van der Waals surface area contributed by atoms with Gasteiger partial charge in [0.2, 0.25) is 0 Å². The zero-order valence-corrected chi connectivity index (χ0v) is 10.8. The maximum atomic E-state index is 6.12. The average molecular weight is 238 g/mol. The van der Waals surface area contributed by atoms with Crippen LogP contribution in [0.5, 0.6) is 0 Å². The van der Waals surface area contributed by atoms with Gasteiger partial charge in [0, 0.05) is 16.8 Å². The van der Waals surface area contributed by atoms with Crippen molar-refractivity contribution in [3.63, 3.8) is 0 Å². The van der Waals surface area contributed by atoms with Crippen LogP contribution in [0, 0.1) is 12.8 Å². The molecule has 1 aromatic rings. The Hall–Kier alpha value is -0.690. The van der Waals surface area contributed by atoms with E-state index in [9.17, 15) is 0 Å². The Balaban J connectivity index is 1.97. The van der Waals surface area contributed by atoms with Gasteiger partial charge in [-0.3, -0.25) is 0 Å². The van der Waals surface area contributed by atoms with Crippen LogP contribution < -0.4 is 5.32 Å². The standard InChI is InChI=1S/C14H20ClN/c1-3-11-5-7-12(8-11)16-13-6-4-10(2)14(15)9-13/h4,6,9,11-12,16H,3,5,7-8H2,1-2H3. The quantitative estimate of drug-likeness (QED) is 0.808. The summed E-state index contributed by atoms with van der Waals surface area (Å²) in [5.74, 6) is 0.915.